The third-order valence-corrected chi connectivity index (χ3v) is 5.42. The zero-order chi connectivity index (χ0) is 16.7. The Hall–Kier alpha value is -1.60. The summed E-state index contributed by atoms with van der Waals surface area (Å²) < 4.78 is 25.3. The van der Waals surface area contributed by atoms with Crippen LogP contribution in [0, 0.1) is 0 Å². The minimum atomic E-state index is -3.24. The van der Waals surface area contributed by atoms with E-state index in [1.807, 2.05) is 24.3 Å². The van der Waals surface area contributed by atoms with E-state index in [0.717, 1.165) is 24.0 Å². The van der Waals surface area contributed by atoms with Crippen LogP contribution in [-0.2, 0) is 22.3 Å². The van der Waals surface area contributed by atoms with Crippen LogP contribution in [0.5, 0.6) is 0 Å². The van der Waals surface area contributed by atoms with Crippen LogP contribution >= 0.6 is 0 Å². The standard InChI is InChI=1S/C16H26N4O2S/c1-18-23(21,22)12-14-9-7-13(8-10-14)11-19-16(17)20-15-5-3-2-4-6-15/h7-10,15,18H,2-6,11-12H2,1H3,(H3,17,19,20). The number of guanidine groups is 1. The van der Waals surface area contributed by atoms with Gasteiger partial charge < -0.3 is 11.1 Å². The van der Waals surface area contributed by atoms with Crippen molar-refractivity contribution in [2.24, 2.45) is 10.7 Å². The monoisotopic (exact) mass is 338 g/mol. The van der Waals surface area contributed by atoms with E-state index >= 15 is 0 Å². The van der Waals surface area contributed by atoms with Gasteiger partial charge in [0.2, 0.25) is 10.0 Å². The molecule has 0 aliphatic heterocycles. The van der Waals surface area contributed by atoms with Gasteiger partial charge in [-0.1, -0.05) is 43.5 Å². The lowest BCUT2D eigenvalue weighted by Gasteiger charge is -2.23. The normalized spacial score (nSPS) is 17.2. The Morgan fingerprint density at radius 1 is 1.17 bits per heavy atom. The van der Waals surface area contributed by atoms with Gasteiger partial charge in [0.05, 0.1) is 12.3 Å². The van der Waals surface area contributed by atoms with E-state index in [2.05, 4.69) is 15.0 Å². The minimum absolute atomic E-state index is 0.0155. The number of rotatable bonds is 6. The van der Waals surface area contributed by atoms with Gasteiger partial charge in [0.25, 0.3) is 0 Å². The van der Waals surface area contributed by atoms with Crippen molar-refractivity contribution in [1.29, 1.82) is 0 Å². The number of benzene rings is 1. The lowest BCUT2D eigenvalue weighted by atomic mass is 9.96. The summed E-state index contributed by atoms with van der Waals surface area (Å²) in [5.41, 5.74) is 7.69. The SMILES string of the molecule is CNS(=O)(=O)Cc1ccc(CN=C(N)NC2CCCCC2)cc1. The third-order valence-electron chi connectivity index (χ3n) is 4.08. The molecule has 0 unspecified atom stereocenters. The van der Waals surface area contributed by atoms with Crippen LogP contribution in [0.1, 0.15) is 43.2 Å². The highest BCUT2D eigenvalue weighted by molar-refractivity contribution is 7.88. The van der Waals surface area contributed by atoms with Crippen molar-refractivity contribution < 1.29 is 8.42 Å². The Labute approximate surface area is 138 Å². The highest BCUT2D eigenvalue weighted by Crippen LogP contribution is 2.17. The van der Waals surface area contributed by atoms with Crippen LogP contribution in [0.3, 0.4) is 0 Å². The molecule has 128 valence electrons. The Balaban J connectivity index is 1.86. The molecule has 0 bridgehead atoms. The lowest BCUT2D eigenvalue weighted by Crippen LogP contribution is -2.41. The minimum Gasteiger partial charge on any atom is -0.370 e. The summed E-state index contributed by atoms with van der Waals surface area (Å²) in [5, 5.41) is 3.28. The number of sulfonamides is 1. The van der Waals surface area contributed by atoms with Gasteiger partial charge in [-0.25, -0.2) is 18.1 Å². The summed E-state index contributed by atoms with van der Waals surface area (Å²) in [7, 11) is -1.82. The molecule has 1 saturated carbocycles. The van der Waals surface area contributed by atoms with E-state index < -0.39 is 10.0 Å². The Morgan fingerprint density at radius 2 is 1.78 bits per heavy atom. The number of nitrogens with zero attached hydrogens (tertiary/aromatic N) is 1. The van der Waals surface area contributed by atoms with E-state index in [-0.39, 0.29) is 5.75 Å². The van der Waals surface area contributed by atoms with Crippen molar-refractivity contribution in [2.45, 2.75) is 50.4 Å². The van der Waals surface area contributed by atoms with Gasteiger partial charge in [-0.3, -0.25) is 0 Å². The van der Waals surface area contributed by atoms with Gasteiger partial charge in [0, 0.05) is 6.04 Å². The summed E-state index contributed by atoms with van der Waals surface area (Å²) >= 11 is 0. The maximum Gasteiger partial charge on any atom is 0.215 e. The quantitative estimate of drug-likeness (QED) is 0.540. The van der Waals surface area contributed by atoms with Crippen LogP contribution in [0.25, 0.3) is 0 Å². The highest BCUT2D eigenvalue weighted by atomic mass is 32.2. The Bertz CT molecular complexity index is 620. The molecule has 6 nitrogen and oxygen atoms in total. The fraction of sp³-hybridized carbons (Fsp3) is 0.562. The van der Waals surface area contributed by atoms with Crippen LogP contribution in [0.4, 0.5) is 0 Å². The molecule has 0 spiro atoms. The number of hydrogen-bond donors (Lipinski definition) is 3. The first-order valence-corrected chi connectivity index (χ1v) is 9.69. The fourth-order valence-corrected chi connectivity index (χ4v) is 3.49. The highest BCUT2D eigenvalue weighted by Gasteiger charge is 2.13. The first kappa shape index (κ1) is 17.7. The van der Waals surface area contributed by atoms with Gasteiger partial charge in [-0.05, 0) is 31.0 Å². The second-order valence-corrected chi connectivity index (χ2v) is 7.89. The molecular formula is C16H26N4O2S. The molecule has 23 heavy (non-hydrogen) atoms. The summed E-state index contributed by atoms with van der Waals surface area (Å²) in [6, 6.07) is 7.84. The van der Waals surface area contributed by atoms with E-state index in [9.17, 15) is 8.42 Å². The second-order valence-electron chi connectivity index (χ2n) is 5.96. The van der Waals surface area contributed by atoms with Gasteiger partial charge in [-0.2, -0.15) is 0 Å². The number of aliphatic imine (C=N–C) groups is 1. The lowest BCUT2D eigenvalue weighted by molar-refractivity contribution is 0.412. The molecule has 1 fully saturated rings. The van der Waals surface area contributed by atoms with E-state index in [1.165, 1.54) is 26.3 Å². The third kappa shape index (κ3) is 6.19. The van der Waals surface area contributed by atoms with E-state index in [1.54, 1.807) is 0 Å². The summed E-state index contributed by atoms with van der Waals surface area (Å²) in [4.78, 5) is 4.36. The van der Waals surface area contributed by atoms with Crippen molar-refractivity contribution in [2.75, 3.05) is 7.05 Å². The summed E-state index contributed by atoms with van der Waals surface area (Å²) in [6.45, 7) is 0.491. The molecule has 4 N–H and O–H groups in total. The van der Waals surface area contributed by atoms with E-state index in [0.29, 0.717) is 18.5 Å². The van der Waals surface area contributed by atoms with Crippen molar-refractivity contribution in [1.82, 2.24) is 10.0 Å². The fourth-order valence-electron chi connectivity index (χ4n) is 2.71. The molecule has 0 atom stereocenters. The zero-order valence-corrected chi connectivity index (χ0v) is 14.4. The molecule has 0 heterocycles. The van der Waals surface area contributed by atoms with Gasteiger partial charge >= 0.3 is 0 Å². The molecule has 1 aromatic rings. The van der Waals surface area contributed by atoms with Crippen molar-refractivity contribution in [3.05, 3.63) is 35.4 Å². The van der Waals surface area contributed by atoms with Crippen molar-refractivity contribution in [3.8, 4) is 0 Å². The molecule has 2 rings (SSSR count). The topological polar surface area (TPSA) is 96.6 Å². The van der Waals surface area contributed by atoms with Crippen LogP contribution in [0.2, 0.25) is 0 Å². The summed E-state index contributed by atoms with van der Waals surface area (Å²) in [6.07, 6.45) is 6.13. The van der Waals surface area contributed by atoms with Crippen molar-refractivity contribution >= 4 is 16.0 Å². The van der Waals surface area contributed by atoms with E-state index in [4.69, 9.17) is 5.73 Å². The van der Waals surface area contributed by atoms with Crippen molar-refractivity contribution in [3.63, 3.8) is 0 Å². The zero-order valence-electron chi connectivity index (χ0n) is 13.6. The summed E-state index contributed by atoms with van der Waals surface area (Å²) in [5.74, 6) is 0.469. The predicted molar refractivity (Wildman–Crippen MR) is 93.5 cm³/mol. The van der Waals surface area contributed by atoms with Crippen LogP contribution < -0.4 is 15.8 Å². The maximum atomic E-state index is 11.5. The molecule has 1 aliphatic carbocycles. The van der Waals surface area contributed by atoms with Crippen LogP contribution in [-0.4, -0.2) is 27.5 Å². The molecule has 1 aliphatic rings. The second kappa shape index (κ2) is 8.31. The Morgan fingerprint density at radius 3 is 2.39 bits per heavy atom. The van der Waals surface area contributed by atoms with Gasteiger partial charge in [0.1, 0.15) is 0 Å². The van der Waals surface area contributed by atoms with Gasteiger partial charge in [0.15, 0.2) is 5.96 Å². The Kier molecular flexibility index (Phi) is 6.41. The predicted octanol–water partition coefficient (Wildman–Crippen LogP) is 1.47. The molecule has 1 aromatic carbocycles. The smallest absolute Gasteiger partial charge is 0.215 e. The first-order valence-electron chi connectivity index (χ1n) is 8.04. The molecule has 0 amide bonds. The number of hydrogen-bond acceptors (Lipinski definition) is 3. The molecular weight excluding hydrogens is 312 g/mol. The largest absolute Gasteiger partial charge is 0.370 e. The molecule has 0 aromatic heterocycles. The first-order chi connectivity index (χ1) is 11.0. The van der Waals surface area contributed by atoms with Gasteiger partial charge in [-0.15, -0.1) is 0 Å². The molecule has 0 saturated heterocycles. The maximum absolute atomic E-state index is 11.5. The number of nitrogens with one attached hydrogen (secondary N) is 2. The van der Waals surface area contributed by atoms with Crippen LogP contribution in [0.15, 0.2) is 29.3 Å². The average Bonchev–Trinajstić information content (AvgIpc) is 2.55. The average molecular weight is 338 g/mol. The number of nitrogens with two attached hydrogens (primary N) is 1. The molecule has 7 heteroatoms. The molecule has 0 radical (unpaired) electrons.